The molecule has 1 heterocycles. The molecule has 134 valence electrons. The monoisotopic (exact) mass is 356 g/mol. The van der Waals surface area contributed by atoms with Crippen LogP contribution < -0.4 is 4.74 Å². The van der Waals surface area contributed by atoms with Gasteiger partial charge >= 0.3 is 11.4 Å². The summed E-state index contributed by atoms with van der Waals surface area (Å²) in [6.07, 6.45) is 3.91. The summed E-state index contributed by atoms with van der Waals surface area (Å²) in [5.74, 6) is 0.716. The van der Waals surface area contributed by atoms with Crippen molar-refractivity contribution in [3.63, 3.8) is 0 Å². The van der Waals surface area contributed by atoms with Gasteiger partial charge in [0, 0.05) is 24.5 Å². The lowest BCUT2D eigenvalue weighted by Crippen LogP contribution is -1.98. The molecule has 0 unspecified atom stereocenters. The average molecular weight is 356 g/mol. The van der Waals surface area contributed by atoms with Crippen LogP contribution in [-0.4, -0.2) is 27.2 Å². The number of benzene rings is 2. The summed E-state index contributed by atoms with van der Waals surface area (Å²) in [4.78, 5) is 20.2. The summed E-state index contributed by atoms with van der Waals surface area (Å²) in [7, 11) is 1.56. The van der Waals surface area contributed by atoms with E-state index in [1.807, 2.05) is 18.2 Å². The van der Waals surface area contributed by atoms with E-state index in [1.165, 1.54) is 12.1 Å². The number of nitro benzene ring substituents is 2. The largest absolute Gasteiger partial charge is 0.497 e. The predicted molar refractivity (Wildman–Crippen MR) is 94.1 cm³/mol. The van der Waals surface area contributed by atoms with Crippen molar-refractivity contribution in [3.8, 4) is 5.75 Å². The lowest BCUT2D eigenvalue weighted by molar-refractivity contribution is -0.422. The predicted octanol–water partition coefficient (Wildman–Crippen LogP) is 3.51. The van der Waals surface area contributed by atoms with E-state index in [9.17, 15) is 20.2 Å². The van der Waals surface area contributed by atoms with E-state index in [4.69, 9.17) is 4.74 Å². The molecular weight excluding hydrogens is 340 g/mol. The van der Waals surface area contributed by atoms with Gasteiger partial charge < -0.3 is 4.74 Å². The molecule has 0 fully saturated rings. The van der Waals surface area contributed by atoms with Crippen molar-refractivity contribution in [2.45, 2.75) is 6.42 Å². The van der Waals surface area contributed by atoms with E-state index >= 15 is 0 Å². The van der Waals surface area contributed by atoms with Crippen LogP contribution in [0.2, 0.25) is 0 Å². The Balaban J connectivity index is 0.000000417. The first kappa shape index (κ1) is 18.6. The fraction of sp³-hybridized carbons (Fsp3) is 0.118. The van der Waals surface area contributed by atoms with Crippen LogP contribution in [0.25, 0.3) is 0 Å². The number of ether oxygens (including phenoxy) is 1. The third-order valence-electron chi connectivity index (χ3n) is 3.41. The third-order valence-corrected chi connectivity index (χ3v) is 3.41. The maximum atomic E-state index is 10.9. The lowest BCUT2D eigenvalue weighted by atomic mass is 10.0. The minimum atomic E-state index is -0.755. The molecule has 3 rings (SSSR count). The molecule has 2 aromatic carbocycles. The van der Waals surface area contributed by atoms with Gasteiger partial charge in [0.25, 0.3) is 0 Å². The molecule has 0 bridgehead atoms. The number of nitrogens with one attached hydrogen (secondary N) is 1. The molecular formula is C17H16N4O5. The molecule has 0 saturated heterocycles. The molecule has 0 aliphatic rings. The van der Waals surface area contributed by atoms with Crippen molar-refractivity contribution < 1.29 is 14.6 Å². The number of hydrogen-bond acceptors (Lipinski definition) is 6. The topological polar surface area (TPSA) is 124 Å². The van der Waals surface area contributed by atoms with E-state index < -0.39 is 21.2 Å². The van der Waals surface area contributed by atoms with Gasteiger partial charge in [-0.1, -0.05) is 18.2 Å². The Morgan fingerprint density at radius 3 is 2.12 bits per heavy atom. The Morgan fingerprint density at radius 1 is 1.00 bits per heavy atom. The second kappa shape index (κ2) is 8.92. The zero-order chi connectivity index (χ0) is 18.9. The number of H-pyrrole nitrogens is 1. The normalized spacial score (nSPS) is 9.73. The Labute approximate surface area is 148 Å². The van der Waals surface area contributed by atoms with Crippen molar-refractivity contribution in [3.05, 3.63) is 92.3 Å². The summed E-state index contributed by atoms with van der Waals surface area (Å²) in [5.41, 5.74) is 0.570. The van der Waals surface area contributed by atoms with E-state index in [0.29, 0.717) is 17.7 Å². The zero-order valence-corrected chi connectivity index (χ0v) is 13.9. The highest BCUT2D eigenvalue weighted by atomic mass is 16.6. The Kier molecular flexibility index (Phi) is 6.38. The Bertz CT molecular complexity index is 846. The molecule has 3 aromatic rings. The van der Waals surface area contributed by atoms with Crippen LogP contribution in [0, 0.1) is 20.2 Å². The third kappa shape index (κ3) is 5.13. The fourth-order valence-corrected chi connectivity index (χ4v) is 2.17. The maximum absolute atomic E-state index is 10.9. The van der Waals surface area contributed by atoms with Gasteiger partial charge in [0.1, 0.15) is 5.75 Å². The molecule has 9 nitrogen and oxygen atoms in total. The van der Waals surface area contributed by atoms with Gasteiger partial charge in [-0.2, -0.15) is 5.10 Å². The molecule has 0 radical (unpaired) electrons. The first-order valence-electron chi connectivity index (χ1n) is 7.49. The van der Waals surface area contributed by atoms with E-state index in [2.05, 4.69) is 10.2 Å². The van der Waals surface area contributed by atoms with Gasteiger partial charge in [-0.15, -0.1) is 0 Å². The maximum Gasteiger partial charge on any atom is 0.346 e. The quantitative estimate of drug-likeness (QED) is 0.551. The number of hydrogen-bond donors (Lipinski definition) is 1. The van der Waals surface area contributed by atoms with Crippen molar-refractivity contribution in [2.75, 3.05) is 7.11 Å². The average Bonchev–Trinajstić information content (AvgIpc) is 3.22. The molecule has 0 aliphatic carbocycles. The first-order valence-corrected chi connectivity index (χ1v) is 7.49. The van der Waals surface area contributed by atoms with Crippen molar-refractivity contribution in [2.24, 2.45) is 0 Å². The summed E-state index contributed by atoms with van der Waals surface area (Å²) < 4.78 is 5.05. The molecule has 0 spiro atoms. The summed E-state index contributed by atoms with van der Waals surface area (Å²) >= 11 is 0. The number of aromatic amines is 1. The molecule has 26 heavy (non-hydrogen) atoms. The molecule has 0 aliphatic heterocycles. The van der Waals surface area contributed by atoms with E-state index in [1.54, 1.807) is 31.6 Å². The Hall–Kier alpha value is -3.75. The summed E-state index contributed by atoms with van der Waals surface area (Å²) in [5, 5.41) is 27.9. The lowest BCUT2D eigenvalue weighted by Gasteiger charge is -2.04. The van der Waals surface area contributed by atoms with Crippen LogP contribution >= 0.6 is 0 Å². The second-order valence-corrected chi connectivity index (χ2v) is 5.13. The highest BCUT2D eigenvalue weighted by Gasteiger charge is 2.23. The SMILES string of the molecule is COc1ccc(Cc2ccc([N+](=O)[O-])c([N+](=O)[O-])c2)cc1.c1cn[nH]c1. The fourth-order valence-electron chi connectivity index (χ4n) is 2.17. The number of rotatable bonds is 5. The van der Waals surface area contributed by atoms with Gasteiger partial charge in [-0.05, 0) is 35.7 Å². The van der Waals surface area contributed by atoms with Gasteiger partial charge in [-0.25, -0.2) is 0 Å². The molecule has 1 aromatic heterocycles. The summed E-state index contributed by atoms with van der Waals surface area (Å²) in [6, 6.07) is 13.0. The minimum absolute atomic E-state index is 0.447. The molecule has 9 heteroatoms. The zero-order valence-electron chi connectivity index (χ0n) is 13.9. The van der Waals surface area contributed by atoms with Gasteiger partial charge in [-0.3, -0.25) is 25.3 Å². The number of aromatic nitrogens is 2. The Morgan fingerprint density at radius 2 is 1.65 bits per heavy atom. The van der Waals surface area contributed by atoms with Crippen LogP contribution in [0.5, 0.6) is 5.75 Å². The first-order chi connectivity index (χ1) is 12.5. The molecule has 1 N–H and O–H groups in total. The van der Waals surface area contributed by atoms with Crippen molar-refractivity contribution >= 4 is 11.4 Å². The van der Waals surface area contributed by atoms with Gasteiger partial charge in [0.05, 0.1) is 17.0 Å². The molecule has 0 amide bonds. The van der Waals surface area contributed by atoms with Crippen LogP contribution in [0.3, 0.4) is 0 Å². The van der Waals surface area contributed by atoms with Crippen LogP contribution in [-0.2, 0) is 6.42 Å². The smallest absolute Gasteiger partial charge is 0.346 e. The summed E-state index contributed by atoms with van der Waals surface area (Å²) in [6.45, 7) is 0. The van der Waals surface area contributed by atoms with Crippen molar-refractivity contribution in [1.82, 2.24) is 10.2 Å². The number of nitro groups is 2. The van der Waals surface area contributed by atoms with Crippen molar-refractivity contribution in [1.29, 1.82) is 0 Å². The van der Waals surface area contributed by atoms with E-state index in [0.717, 1.165) is 11.6 Å². The molecule has 0 atom stereocenters. The van der Waals surface area contributed by atoms with Crippen LogP contribution in [0.1, 0.15) is 11.1 Å². The van der Waals surface area contributed by atoms with Crippen LogP contribution in [0.4, 0.5) is 11.4 Å². The van der Waals surface area contributed by atoms with Gasteiger partial charge in [0.15, 0.2) is 0 Å². The minimum Gasteiger partial charge on any atom is -0.497 e. The van der Waals surface area contributed by atoms with E-state index in [-0.39, 0.29) is 0 Å². The second-order valence-electron chi connectivity index (χ2n) is 5.13. The number of methoxy groups -OCH3 is 1. The number of nitrogens with zero attached hydrogens (tertiary/aromatic N) is 3. The molecule has 0 saturated carbocycles. The highest BCUT2D eigenvalue weighted by molar-refractivity contribution is 5.54. The van der Waals surface area contributed by atoms with Crippen LogP contribution in [0.15, 0.2) is 60.9 Å². The standard InChI is InChI=1S/C14H12N2O5.C3H4N2/c1-21-12-5-2-10(3-6-12)8-11-4-7-13(15(17)18)14(9-11)16(19)20;1-2-4-5-3-1/h2-7,9H,8H2,1H3;1-3H,(H,4,5). The highest BCUT2D eigenvalue weighted by Crippen LogP contribution is 2.28. The van der Waals surface area contributed by atoms with Gasteiger partial charge in [0.2, 0.25) is 0 Å².